The summed E-state index contributed by atoms with van der Waals surface area (Å²) in [6.45, 7) is 2.02. The van der Waals surface area contributed by atoms with Crippen LogP contribution < -0.4 is 0 Å². The lowest BCUT2D eigenvalue weighted by molar-refractivity contribution is -0.385. The Morgan fingerprint density at radius 1 is 1.47 bits per heavy atom. The average Bonchev–Trinajstić information content (AvgIpc) is 3.07. The molecule has 1 fully saturated rings. The van der Waals surface area contributed by atoms with Crippen LogP contribution in [0.25, 0.3) is 0 Å². The molecule has 4 heteroatoms. The van der Waals surface area contributed by atoms with Crippen molar-refractivity contribution in [2.45, 2.75) is 38.0 Å². The highest BCUT2D eigenvalue weighted by Gasteiger charge is 2.46. The highest BCUT2D eigenvalue weighted by atomic mass is 35.5. The Kier molecular flexibility index (Phi) is 3.38. The number of hydrogen-bond acceptors (Lipinski definition) is 2. The van der Waals surface area contributed by atoms with Gasteiger partial charge in [-0.15, -0.1) is 11.6 Å². The third-order valence-corrected chi connectivity index (χ3v) is 4.28. The van der Waals surface area contributed by atoms with Crippen molar-refractivity contribution in [3.05, 3.63) is 39.9 Å². The van der Waals surface area contributed by atoms with Crippen LogP contribution >= 0.6 is 11.6 Å². The molecule has 0 saturated heterocycles. The van der Waals surface area contributed by atoms with E-state index >= 15 is 0 Å². The number of halogens is 1. The summed E-state index contributed by atoms with van der Waals surface area (Å²) in [6, 6.07) is 6.97. The highest BCUT2D eigenvalue weighted by Crippen LogP contribution is 2.54. The van der Waals surface area contributed by atoms with E-state index in [1.807, 2.05) is 19.1 Å². The van der Waals surface area contributed by atoms with Crippen LogP contribution in [0, 0.1) is 15.5 Å². The third-order valence-electron chi connectivity index (χ3n) is 3.82. The molecule has 0 aliphatic heterocycles. The van der Waals surface area contributed by atoms with Gasteiger partial charge in [-0.1, -0.05) is 18.2 Å². The quantitative estimate of drug-likeness (QED) is 0.453. The van der Waals surface area contributed by atoms with E-state index in [4.69, 9.17) is 11.6 Å². The number of aryl methyl sites for hydroxylation is 1. The van der Waals surface area contributed by atoms with Crippen LogP contribution in [0.2, 0.25) is 0 Å². The first-order valence-corrected chi connectivity index (χ1v) is 6.35. The van der Waals surface area contributed by atoms with E-state index in [1.54, 1.807) is 12.1 Å². The van der Waals surface area contributed by atoms with Gasteiger partial charge in [0.25, 0.3) is 5.69 Å². The van der Waals surface area contributed by atoms with E-state index < -0.39 is 0 Å². The molecule has 1 aliphatic carbocycles. The lowest BCUT2D eigenvalue weighted by atomic mass is 9.93. The molecule has 92 valence electrons. The van der Waals surface area contributed by atoms with Crippen molar-refractivity contribution in [1.82, 2.24) is 0 Å². The molecule has 2 rings (SSSR count). The zero-order chi connectivity index (χ0) is 12.5. The number of rotatable bonds is 5. The maximum Gasteiger partial charge on any atom is 0.272 e. The third kappa shape index (κ3) is 2.60. The summed E-state index contributed by atoms with van der Waals surface area (Å²) in [6.07, 6.45) is 3.99. The van der Waals surface area contributed by atoms with Crippen molar-refractivity contribution in [2.75, 3.05) is 0 Å². The lowest BCUT2D eigenvalue weighted by Gasteiger charge is -2.17. The van der Waals surface area contributed by atoms with Crippen molar-refractivity contribution in [3.63, 3.8) is 0 Å². The number of nitrogens with zero attached hydrogens (tertiary/aromatic N) is 1. The summed E-state index contributed by atoms with van der Waals surface area (Å²) < 4.78 is 0. The van der Waals surface area contributed by atoms with Crippen LogP contribution in [-0.2, 0) is 6.42 Å². The fourth-order valence-electron chi connectivity index (χ4n) is 2.29. The van der Waals surface area contributed by atoms with Gasteiger partial charge in [0.05, 0.1) is 4.92 Å². The second-order valence-electron chi connectivity index (χ2n) is 4.86. The second-order valence-corrected chi connectivity index (χ2v) is 5.52. The summed E-state index contributed by atoms with van der Waals surface area (Å²) in [5, 5.41) is 11.0. The van der Waals surface area contributed by atoms with E-state index in [-0.39, 0.29) is 21.4 Å². The van der Waals surface area contributed by atoms with Crippen molar-refractivity contribution >= 4 is 17.3 Å². The maximum absolute atomic E-state index is 10.9. The molecule has 3 nitrogen and oxygen atoms in total. The lowest BCUT2D eigenvalue weighted by Crippen LogP contribution is -2.13. The monoisotopic (exact) mass is 253 g/mol. The van der Waals surface area contributed by atoms with E-state index in [9.17, 15) is 10.1 Å². The normalized spacial score (nSPS) is 18.7. The molecule has 1 aliphatic rings. The van der Waals surface area contributed by atoms with Gasteiger partial charge in [-0.3, -0.25) is 10.1 Å². The molecule has 0 radical (unpaired) electrons. The Hall–Kier alpha value is -1.09. The van der Waals surface area contributed by atoms with Gasteiger partial charge in [0.1, 0.15) is 0 Å². The summed E-state index contributed by atoms with van der Waals surface area (Å²) in [7, 11) is 0. The first-order valence-electron chi connectivity index (χ1n) is 5.91. The van der Waals surface area contributed by atoms with Crippen molar-refractivity contribution in [3.8, 4) is 0 Å². The van der Waals surface area contributed by atoms with Crippen molar-refractivity contribution in [1.29, 1.82) is 0 Å². The topological polar surface area (TPSA) is 43.1 Å². The van der Waals surface area contributed by atoms with Gasteiger partial charge in [-0.2, -0.15) is 0 Å². The Bertz CT molecular complexity index is 427. The van der Waals surface area contributed by atoms with Crippen molar-refractivity contribution in [2.24, 2.45) is 5.41 Å². The smallest absolute Gasteiger partial charge is 0.258 e. The molecule has 0 amide bonds. The predicted molar refractivity (Wildman–Crippen MR) is 68.4 cm³/mol. The summed E-state index contributed by atoms with van der Waals surface area (Å²) in [4.78, 5) is 10.6. The molecule has 1 saturated carbocycles. The molecule has 1 unspecified atom stereocenters. The maximum atomic E-state index is 10.9. The number of alkyl halides is 1. The molecule has 0 N–H and O–H groups in total. The van der Waals surface area contributed by atoms with Crippen LogP contribution in [-0.4, -0.2) is 10.3 Å². The van der Waals surface area contributed by atoms with E-state index in [0.717, 1.165) is 31.2 Å². The number of benzene rings is 1. The minimum Gasteiger partial charge on any atom is -0.258 e. The first kappa shape index (κ1) is 12.4. The Morgan fingerprint density at radius 2 is 2.12 bits per heavy atom. The fourth-order valence-corrected chi connectivity index (χ4v) is 2.62. The summed E-state index contributed by atoms with van der Waals surface area (Å²) in [5.41, 5.74) is 1.28. The van der Waals surface area contributed by atoms with Gasteiger partial charge in [-0.25, -0.2) is 0 Å². The van der Waals surface area contributed by atoms with Gasteiger partial charge < -0.3 is 0 Å². The summed E-state index contributed by atoms with van der Waals surface area (Å²) in [5.74, 6) is 0. The average molecular weight is 254 g/mol. The molecule has 0 aromatic heterocycles. The molecule has 1 atom stereocenters. The van der Waals surface area contributed by atoms with Gasteiger partial charge in [0.15, 0.2) is 0 Å². The van der Waals surface area contributed by atoms with Gasteiger partial charge in [0, 0.05) is 17.0 Å². The number of para-hydroxylation sites is 1. The van der Waals surface area contributed by atoms with E-state index in [1.165, 1.54) is 0 Å². The van der Waals surface area contributed by atoms with Crippen LogP contribution in [0.3, 0.4) is 0 Å². The summed E-state index contributed by atoms with van der Waals surface area (Å²) >= 11 is 6.17. The SMILES string of the molecule is CC(Cl)C1(CCc2ccccc2[N+](=O)[O-])CC1. The standard InChI is InChI=1S/C13H16ClNO2/c1-10(14)13(8-9-13)7-6-11-4-2-3-5-12(11)15(16)17/h2-5,10H,6-9H2,1H3. The van der Waals surface area contributed by atoms with Gasteiger partial charge in [-0.05, 0) is 38.0 Å². The van der Waals surface area contributed by atoms with Crippen LogP contribution in [0.1, 0.15) is 31.7 Å². The number of nitro benzene ring substituents is 1. The molecular formula is C13H16ClNO2. The molecular weight excluding hydrogens is 238 g/mol. The van der Waals surface area contributed by atoms with Crippen LogP contribution in [0.5, 0.6) is 0 Å². The molecule has 0 spiro atoms. The largest absolute Gasteiger partial charge is 0.272 e. The van der Waals surface area contributed by atoms with Gasteiger partial charge >= 0.3 is 0 Å². The molecule has 1 aromatic rings. The zero-order valence-electron chi connectivity index (χ0n) is 9.86. The minimum absolute atomic E-state index is 0.158. The number of hydrogen-bond donors (Lipinski definition) is 0. The van der Waals surface area contributed by atoms with Crippen molar-refractivity contribution < 1.29 is 4.92 Å². The molecule has 17 heavy (non-hydrogen) atoms. The van der Waals surface area contributed by atoms with E-state index in [2.05, 4.69) is 0 Å². The Labute approximate surface area is 106 Å². The highest BCUT2D eigenvalue weighted by molar-refractivity contribution is 6.21. The van der Waals surface area contributed by atoms with Crippen LogP contribution in [0.4, 0.5) is 5.69 Å². The minimum atomic E-state index is -0.307. The predicted octanol–water partition coefficient (Wildman–Crippen LogP) is 3.93. The zero-order valence-corrected chi connectivity index (χ0v) is 10.6. The van der Waals surface area contributed by atoms with Crippen LogP contribution in [0.15, 0.2) is 24.3 Å². The molecule has 0 heterocycles. The Morgan fingerprint density at radius 3 is 2.65 bits per heavy atom. The second kappa shape index (κ2) is 4.65. The first-order chi connectivity index (χ1) is 8.05. The van der Waals surface area contributed by atoms with E-state index in [0.29, 0.717) is 0 Å². The van der Waals surface area contributed by atoms with Gasteiger partial charge in [0.2, 0.25) is 0 Å². The molecule has 0 bridgehead atoms. The fraction of sp³-hybridized carbons (Fsp3) is 0.538. The molecule has 1 aromatic carbocycles. The Balaban J connectivity index is 2.07. The number of nitro groups is 1.